The van der Waals surface area contributed by atoms with Gasteiger partial charge in [-0.1, -0.05) is 44.2 Å². The van der Waals surface area contributed by atoms with Crippen LogP contribution in [0.2, 0.25) is 0 Å². The van der Waals surface area contributed by atoms with Gasteiger partial charge >= 0.3 is 0 Å². The maximum Gasteiger partial charge on any atom is 0.0655 e. The largest absolute Gasteiger partial charge is 0.378 e. The molecule has 1 heterocycles. The zero-order chi connectivity index (χ0) is 12.8. The van der Waals surface area contributed by atoms with E-state index in [9.17, 15) is 0 Å². The molecule has 0 radical (unpaired) electrons. The highest BCUT2D eigenvalue weighted by atomic mass is 16.5. The van der Waals surface area contributed by atoms with Crippen molar-refractivity contribution in [1.82, 2.24) is 5.32 Å². The Kier molecular flexibility index (Phi) is 5.21. The summed E-state index contributed by atoms with van der Waals surface area (Å²) in [6, 6.07) is 11.3. The van der Waals surface area contributed by atoms with Crippen LogP contribution in [0.15, 0.2) is 30.3 Å². The summed E-state index contributed by atoms with van der Waals surface area (Å²) in [6.45, 7) is 6.41. The van der Waals surface area contributed by atoms with Crippen molar-refractivity contribution >= 4 is 0 Å². The van der Waals surface area contributed by atoms with Gasteiger partial charge in [-0.25, -0.2) is 0 Å². The maximum absolute atomic E-state index is 5.99. The number of hydrogen-bond acceptors (Lipinski definition) is 2. The quantitative estimate of drug-likeness (QED) is 0.863. The Hall–Kier alpha value is -0.860. The lowest BCUT2D eigenvalue weighted by Gasteiger charge is -2.32. The second kappa shape index (κ2) is 6.91. The van der Waals surface area contributed by atoms with Gasteiger partial charge in [-0.05, 0) is 30.7 Å². The Morgan fingerprint density at radius 1 is 1.28 bits per heavy atom. The number of nitrogens with one attached hydrogen (secondary N) is 1. The van der Waals surface area contributed by atoms with Crippen molar-refractivity contribution in [1.29, 1.82) is 0 Å². The highest BCUT2D eigenvalue weighted by Crippen LogP contribution is 2.23. The van der Waals surface area contributed by atoms with Crippen LogP contribution in [0, 0.1) is 5.92 Å². The summed E-state index contributed by atoms with van der Waals surface area (Å²) in [5.41, 5.74) is 1.39. The van der Waals surface area contributed by atoms with Crippen molar-refractivity contribution in [3.63, 3.8) is 0 Å². The fourth-order valence-electron chi connectivity index (χ4n) is 2.59. The molecule has 1 N–H and O–H groups in total. The molecule has 2 rings (SSSR count). The molecule has 1 aromatic carbocycles. The standard InChI is InChI=1S/C16H25NO/c1-13(2)17-12-15-9-6-10-18-16(15)11-14-7-4-3-5-8-14/h3-5,7-8,13,15-17H,6,9-12H2,1-2H3. The van der Waals surface area contributed by atoms with Crippen LogP contribution >= 0.6 is 0 Å². The van der Waals surface area contributed by atoms with Crippen molar-refractivity contribution in [2.45, 2.75) is 45.3 Å². The molecule has 0 amide bonds. The minimum Gasteiger partial charge on any atom is -0.378 e. The molecular weight excluding hydrogens is 222 g/mol. The van der Waals surface area contributed by atoms with Crippen LogP contribution in [0.5, 0.6) is 0 Å². The molecule has 2 atom stereocenters. The fraction of sp³-hybridized carbons (Fsp3) is 0.625. The zero-order valence-electron chi connectivity index (χ0n) is 11.6. The molecule has 0 spiro atoms. The topological polar surface area (TPSA) is 21.3 Å². The molecule has 2 nitrogen and oxygen atoms in total. The van der Waals surface area contributed by atoms with E-state index in [1.54, 1.807) is 0 Å². The summed E-state index contributed by atoms with van der Waals surface area (Å²) < 4.78 is 5.99. The normalized spacial score (nSPS) is 24.4. The van der Waals surface area contributed by atoms with Crippen LogP contribution in [0.3, 0.4) is 0 Å². The Morgan fingerprint density at radius 2 is 2.06 bits per heavy atom. The summed E-state index contributed by atoms with van der Waals surface area (Å²) in [5.74, 6) is 0.654. The Labute approximate surface area is 111 Å². The van der Waals surface area contributed by atoms with Gasteiger partial charge in [0.05, 0.1) is 6.10 Å². The lowest BCUT2D eigenvalue weighted by Crippen LogP contribution is -2.40. The first-order valence-electron chi connectivity index (χ1n) is 7.14. The molecule has 100 valence electrons. The lowest BCUT2D eigenvalue weighted by atomic mass is 9.90. The fourth-order valence-corrected chi connectivity index (χ4v) is 2.59. The Balaban J connectivity index is 1.91. The predicted molar refractivity (Wildman–Crippen MR) is 75.7 cm³/mol. The second-order valence-corrected chi connectivity index (χ2v) is 5.56. The molecule has 0 aliphatic carbocycles. The van der Waals surface area contributed by atoms with Gasteiger partial charge in [0, 0.05) is 19.2 Å². The smallest absolute Gasteiger partial charge is 0.0655 e. The van der Waals surface area contributed by atoms with Crippen molar-refractivity contribution in [3.8, 4) is 0 Å². The van der Waals surface area contributed by atoms with E-state index >= 15 is 0 Å². The van der Waals surface area contributed by atoms with E-state index in [2.05, 4.69) is 49.5 Å². The third-order valence-corrected chi connectivity index (χ3v) is 3.64. The van der Waals surface area contributed by atoms with Crippen LogP contribution in [0.1, 0.15) is 32.3 Å². The van der Waals surface area contributed by atoms with Crippen molar-refractivity contribution in [2.24, 2.45) is 5.92 Å². The second-order valence-electron chi connectivity index (χ2n) is 5.56. The molecular formula is C16H25NO. The Bertz CT molecular complexity index is 336. The third-order valence-electron chi connectivity index (χ3n) is 3.64. The van der Waals surface area contributed by atoms with E-state index in [1.807, 2.05) is 0 Å². The first kappa shape index (κ1) is 13.6. The van der Waals surface area contributed by atoms with Crippen LogP contribution in [-0.4, -0.2) is 25.3 Å². The maximum atomic E-state index is 5.99. The molecule has 1 aromatic rings. The van der Waals surface area contributed by atoms with Crippen LogP contribution in [0.4, 0.5) is 0 Å². The lowest BCUT2D eigenvalue weighted by molar-refractivity contribution is -0.0254. The zero-order valence-corrected chi connectivity index (χ0v) is 11.6. The average molecular weight is 247 g/mol. The van der Waals surface area contributed by atoms with Gasteiger partial charge in [0.25, 0.3) is 0 Å². The van der Waals surface area contributed by atoms with Crippen LogP contribution < -0.4 is 5.32 Å². The summed E-state index contributed by atoms with van der Waals surface area (Å²) in [5, 5.41) is 3.55. The molecule has 0 aromatic heterocycles. The van der Waals surface area contributed by atoms with Crippen LogP contribution in [0.25, 0.3) is 0 Å². The summed E-state index contributed by atoms with van der Waals surface area (Å²) in [6.07, 6.45) is 3.92. The molecule has 1 fully saturated rings. The molecule has 1 saturated heterocycles. The summed E-state index contributed by atoms with van der Waals surface area (Å²) in [7, 11) is 0. The summed E-state index contributed by atoms with van der Waals surface area (Å²) in [4.78, 5) is 0. The molecule has 0 bridgehead atoms. The van der Waals surface area contributed by atoms with E-state index < -0.39 is 0 Å². The minimum atomic E-state index is 0.382. The summed E-state index contributed by atoms with van der Waals surface area (Å²) >= 11 is 0. The van der Waals surface area contributed by atoms with Gasteiger partial charge in [-0.2, -0.15) is 0 Å². The van der Waals surface area contributed by atoms with Gasteiger partial charge in [0.2, 0.25) is 0 Å². The first-order chi connectivity index (χ1) is 8.75. The van der Waals surface area contributed by atoms with Crippen molar-refractivity contribution in [2.75, 3.05) is 13.2 Å². The highest BCUT2D eigenvalue weighted by Gasteiger charge is 2.25. The number of hydrogen-bond donors (Lipinski definition) is 1. The molecule has 1 aliphatic rings. The van der Waals surface area contributed by atoms with Gasteiger partial charge < -0.3 is 10.1 Å². The first-order valence-corrected chi connectivity index (χ1v) is 7.14. The average Bonchev–Trinajstić information content (AvgIpc) is 2.39. The monoisotopic (exact) mass is 247 g/mol. The minimum absolute atomic E-state index is 0.382. The van der Waals surface area contributed by atoms with Gasteiger partial charge in [-0.3, -0.25) is 0 Å². The van der Waals surface area contributed by atoms with Gasteiger partial charge in [0.15, 0.2) is 0 Å². The number of benzene rings is 1. The molecule has 18 heavy (non-hydrogen) atoms. The van der Waals surface area contributed by atoms with Crippen LogP contribution in [-0.2, 0) is 11.2 Å². The van der Waals surface area contributed by atoms with Gasteiger partial charge in [-0.15, -0.1) is 0 Å². The molecule has 1 aliphatic heterocycles. The molecule has 2 unspecified atom stereocenters. The van der Waals surface area contributed by atoms with E-state index in [1.165, 1.54) is 18.4 Å². The SMILES string of the molecule is CC(C)NCC1CCCOC1Cc1ccccc1. The highest BCUT2D eigenvalue weighted by molar-refractivity contribution is 5.15. The van der Waals surface area contributed by atoms with E-state index in [0.29, 0.717) is 18.1 Å². The number of ether oxygens (including phenoxy) is 1. The third kappa shape index (κ3) is 4.11. The van der Waals surface area contributed by atoms with Gasteiger partial charge in [0.1, 0.15) is 0 Å². The van der Waals surface area contributed by atoms with Crippen molar-refractivity contribution < 1.29 is 4.74 Å². The van der Waals surface area contributed by atoms with Crippen molar-refractivity contribution in [3.05, 3.63) is 35.9 Å². The van der Waals surface area contributed by atoms with E-state index in [-0.39, 0.29) is 0 Å². The predicted octanol–water partition coefficient (Wildman–Crippen LogP) is 3.02. The molecule has 0 saturated carbocycles. The Morgan fingerprint density at radius 3 is 2.78 bits per heavy atom. The van der Waals surface area contributed by atoms with E-state index in [0.717, 1.165) is 19.6 Å². The molecule has 2 heteroatoms. The van der Waals surface area contributed by atoms with E-state index in [4.69, 9.17) is 4.74 Å². The number of rotatable bonds is 5.